The molecule has 1 N–H and O–H groups in total. The van der Waals surface area contributed by atoms with Crippen molar-refractivity contribution >= 4 is 11.9 Å². The number of halogens is 6. The summed E-state index contributed by atoms with van der Waals surface area (Å²) < 4.78 is 81.8. The maximum atomic E-state index is 14.5. The zero-order valence-corrected chi connectivity index (χ0v) is 19.0. The van der Waals surface area contributed by atoms with E-state index in [0.717, 1.165) is 17.3 Å². The van der Waals surface area contributed by atoms with Crippen LogP contribution in [0, 0.1) is 11.7 Å². The molecule has 1 unspecified atom stereocenters. The van der Waals surface area contributed by atoms with Crippen molar-refractivity contribution in [2.75, 3.05) is 18.4 Å². The number of carbonyl (C=O) groups is 1. The van der Waals surface area contributed by atoms with Gasteiger partial charge in [-0.05, 0) is 5.92 Å². The van der Waals surface area contributed by atoms with Crippen LogP contribution >= 0.6 is 0 Å². The largest absolute Gasteiger partial charge is 0.419 e. The van der Waals surface area contributed by atoms with Crippen molar-refractivity contribution in [3.63, 3.8) is 0 Å². The summed E-state index contributed by atoms with van der Waals surface area (Å²) in [7, 11) is 1.51. The first-order valence-corrected chi connectivity index (χ1v) is 10.7. The van der Waals surface area contributed by atoms with Gasteiger partial charge in [-0.1, -0.05) is 6.92 Å². The van der Waals surface area contributed by atoms with Crippen LogP contribution in [-0.2, 0) is 13.2 Å². The van der Waals surface area contributed by atoms with Crippen molar-refractivity contribution in [1.29, 1.82) is 0 Å². The maximum absolute atomic E-state index is 14.5. The number of nitrogens with zero attached hydrogens (tertiary/aromatic N) is 7. The number of hydrogen-bond donors (Lipinski definition) is 1. The van der Waals surface area contributed by atoms with Gasteiger partial charge in [0, 0.05) is 38.6 Å². The fraction of sp³-hybridized carbons (Fsp3) is 0.429. The smallest absolute Gasteiger partial charge is 0.352 e. The number of aryl methyl sites for hydroxylation is 1. The molecule has 0 aliphatic carbocycles. The summed E-state index contributed by atoms with van der Waals surface area (Å²) in [6, 6.07) is -0.799. The zero-order chi connectivity index (χ0) is 26.3. The van der Waals surface area contributed by atoms with Crippen LogP contribution in [0.15, 0.2) is 31.0 Å². The first kappa shape index (κ1) is 25.3. The third-order valence-corrected chi connectivity index (χ3v) is 5.68. The Morgan fingerprint density at radius 2 is 1.78 bits per heavy atom. The van der Waals surface area contributed by atoms with E-state index < -0.39 is 54.3 Å². The molecule has 2 atom stereocenters. The predicted molar refractivity (Wildman–Crippen MR) is 113 cm³/mol. The van der Waals surface area contributed by atoms with Crippen molar-refractivity contribution in [2.24, 2.45) is 13.0 Å². The monoisotopic (exact) mass is 514 g/mol. The Balaban J connectivity index is 1.60. The highest BCUT2D eigenvalue weighted by molar-refractivity contribution is 5.98. The van der Waals surface area contributed by atoms with Gasteiger partial charge in [0.05, 0.1) is 36.1 Å². The summed E-state index contributed by atoms with van der Waals surface area (Å²) in [5, 5.41) is 6.82. The molecule has 36 heavy (non-hydrogen) atoms. The number of anilines is 1. The molecule has 1 aliphatic heterocycles. The number of nitrogens with one attached hydrogen (secondary N) is 1. The van der Waals surface area contributed by atoms with Crippen LogP contribution in [0.3, 0.4) is 0 Å². The minimum atomic E-state index is -4.61. The van der Waals surface area contributed by atoms with Gasteiger partial charge in [0.15, 0.2) is 17.3 Å². The molecule has 0 bridgehead atoms. The van der Waals surface area contributed by atoms with Gasteiger partial charge in [0.1, 0.15) is 0 Å². The summed E-state index contributed by atoms with van der Waals surface area (Å²) in [5.74, 6) is -5.58. The highest BCUT2D eigenvalue weighted by Gasteiger charge is 2.47. The van der Waals surface area contributed by atoms with Crippen LogP contribution in [0.4, 0.5) is 32.3 Å². The molecule has 1 saturated heterocycles. The third kappa shape index (κ3) is 5.39. The number of carbonyl (C=O) groups excluding carboxylic acids is 1. The lowest BCUT2D eigenvalue weighted by molar-refractivity contribution is -0.138. The molecule has 1 fully saturated rings. The van der Waals surface area contributed by atoms with Gasteiger partial charge in [-0.15, -0.1) is 0 Å². The topological polar surface area (TPSA) is 102 Å². The highest BCUT2D eigenvalue weighted by Crippen LogP contribution is 2.36. The molecular formula is C21H20F6N8O. The number of alkyl halides is 5. The summed E-state index contributed by atoms with van der Waals surface area (Å²) in [6.07, 6.45) is -0.712. The van der Waals surface area contributed by atoms with E-state index in [9.17, 15) is 31.1 Å². The number of hydrogen-bond acceptors (Lipinski definition) is 7. The van der Waals surface area contributed by atoms with Gasteiger partial charge in [0.2, 0.25) is 5.95 Å². The molecule has 15 heteroatoms. The van der Waals surface area contributed by atoms with Crippen LogP contribution in [0.5, 0.6) is 0 Å². The van der Waals surface area contributed by atoms with E-state index in [1.165, 1.54) is 24.9 Å². The normalized spacial score (nSPS) is 19.8. The molecule has 4 rings (SSSR count). The molecule has 0 spiro atoms. The summed E-state index contributed by atoms with van der Waals surface area (Å²) in [5.41, 5.74) is -1.12. The molecule has 3 aromatic rings. The predicted octanol–water partition coefficient (Wildman–Crippen LogP) is 3.42. The van der Waals surface area contributed by atoms with E-state index in [1.807, 2.05) is 0 Å². The van der Waals surface area contributed by atoms with Gasteiger partial charge in [-0.3, -0.25) is 9.48 Å². The Hall–Kier alpha value is -3.78. The van der Waals surface area contributed by atoms with Gasteiger partial charge < -0.3 is 10.2 Å². The molecule has 4 heterocycles. The number of rotatable bonds is 5. The average Bonchev–Trinajstić information content (AvgIpc) is 3.19. The average molecular weight is 514 g/mol. The quantitative estimate of drug-likeness (QED) is 0.521. The minimum absolute atomic E-state index is 0.0162. The lowest BCUT2D eigenvalue weighted by atomic mass is 9.88. The van der Waals surface area contributed by atoms with Crippen molar-refractivity contribution in [3.05, 3.63) is 48.1 Å². The third-order valence-electron chi connectivity index (χ3n) is 5.68. The van der Waals surface area contributed by atoms with Crippen LogP contribution < -0.4 is 5.32 Å². The van der Waals surface area contributed by atoms with Crippen LogP contribution in [-0.4, -0.2) is 65.6 Å². The molecule has 0 radical (unpaired) electrons. The molecule has 3 aromatic heterocycles. The summed E-state index contributed by atoms with van der Waals surface area (Å²) in [4.78, 5) is 29.4. The SMILES string of the molecule is C[C@@H]1CC(F)(F)CN(C(=O)c2nn(C)cc2-c2ncc(F)cn2)C1CNc1ncc(C(F)(F)F)cn1. The number of amides is 1. The first-order chi connectivity index (χ1) is 16.8. The number of piperidine rings is 1. The molecule has 9 nitrogen and oxygen atoms in total. The first-order valence-electron chi connectivity index (χ1n) is 10.7. The second-order valence-corrected chi connectivity index (χ2v) is 8.50. The Kier molecular flexibility index (Phi) is 6.58. The van der Waals surface area contributed by atoms with Gasteiger partial charge in [-0.2, -0.15) is 18.3 Å². The Morgan fingerprint density at radius 3 is 2.39 bits per heavy atom. The number of aromatic nitrogens is 6. The minimum Gasteiger partial charge on any atom is -0.352 e. The molecule has 0 aromatic carbocycles. The van der Waals surface area contributed by atoms with Crippen LogP contribution in [0.25, 0.3) is 11.4 Å². The van der Waals surface area contributed by atoms with Crippen molar-refractivity contribution in [3.8, 4) is 11.4 Å². The standard InChI is InChI=1S/C21H20F6N8O/c1-11-3-20(23,24)10-35(15(11)8-32-19-30-4-12(5-31-19)21(25,26)27)18(36)16-14(9-34(2)33-16)17-28-6-13(22)7-29-17/h4-7,9,11,15H,3,8,10H2,1-2H3,(H,30,31,32)/t11-,15?/m1/s1. The van der Waals surface area contributed by atoms with Gasteiger partial charge in [-0.25, -0.2) is 33.1 Å². The fourth-order valence-electron chi connectivity index (χ4n) is 4.04. The van der Waals surface area contributed by atoms with Gasteiger partial charge >= 0.3 is 6.18 Å². The van der Waals surface area contributed by atoms with E-state index in [0.29, 0.717) is 12.4 Å². The maximum Gasteiger partial charge on any atom is 0.419 e. The molecule has 1 aliphatic rings. The summed E-state index contributed by atoms with van der Waals surface area (Å²) >= 11 is 0. The lowest BCUT2D eigenvalue weighted by Crippen LogP contribution is -2.57. The summed E-state index contributed by atoms with van der Waals surface area (Å²) in [6.45, 7) is 0.524. The van der Waals surface area contributed by atoms with E-state index >= 15 is 0 Å². The highest BCUT2D eigenvalue weighted by atomic mass is 19.4. The second kappa shape index (κ2) is 9.35. The number of likely N-dealkylation sites (tertiary alicyclic amines) is 1. The van der Waals surface area contributed by atoms with E-state index in [4.69, 9.17) is 0 Å². The Morgan fingerprint density at radius 1 is 1.14 bits per heavy atom. The van der Waals surface area contributed by atoms with Crippen LogP contribution in [0.1, 0.15) is 29.4 Å². The van der Waals surface area contributed by atoms with Crippen molar-refractivity contribution < 1.29 is 31.1 Å². The second-order valence-electron chi connectivity index (χ2n) is 8.50. The molecule has 1 amide bonds. The van der Waals surface area contributed by atoms with Crippen molar-refractivity contribution in [2.45, 2.75) is 31.5 Å². The van der Waals surface area contributed by atoms with E-state index in [2.05, 4.69) is 30.4 Å². The zero-order valence-electron chi connectivity index (χ0n) is 19.0. The molecule has 192 valence electrons. The molecular weight excluding hydrogens is 494 g/mol. The van der Waals surface area contributed by atoms with Crippen molar-refractivity contribution in [1.82, 2.24) is 34.6 Å². The van der Waals surface area contributed by atoms with E-state index in [1.54, 1.807) is 0 Å². The van der Waals surface area contributed by atoms with Crippen LogP contribution in [0.2, 0.25) is 0 Å². The lowest BCUT2D eigenvalue weighted by Gasteiger charge is -2.43. The Labute approximate surface area is 200 Å². The van der Waals surface area contributed by atoms with E-state index in [-0.39, 0.29) is 29.6 Å². The molecule has 0 saturated carbocycles. The fourth-order valence-corrected chi connectivity index (χ4v) is 4.04. The Bertz CT molecular complexity index is 1230. The van der Waals surface area contributed by atoms with Gasteiger partial charge in [0.25, 0.3) is 11.8 Å².